The maximum atomic E-state index is 5.19. The smallest absolute Gasteiger partial charge is 0.164 e. The number of thiophene rings is 1. The van der Waals surface area contributed by atoms with Crippen molar-refractivity contribution in [2.75, 3.05) is 0 Å². The highest BCUT2D eigenvalue weighted by Gasteiger charge is 2.18. The van der Waals surface area contributed by atoms with E-state index >= 15 is 0 Å². The van der Waals surface area contributed by atoms with Gasteiger partial charge in [0.05, 0.1) is 0 Å². The largest absolute Gasteiger partial charge is 0.208 e. The van der Waals surface area contributed by atoms with E-state index in [9.17, 15) is 0 Å². The van der Waals surface area contributed by atoms with Crippen LogP contribution in [-0.4, -0.2) is 15.0 Å². The van der Waals surface area contributed by atoms with E-state index in [0.29, 0.717) is 17.5 Å². The van der Waals surface area contributed by atoms with Gasteiger partial charge in [0.25, 0.3) is 0 Å². The minimum Gasteiger partial charge on any atom is -0.208 e. The summed E-state index contributed by atoms with van der Waals surface area (Å²) < 4.78 is 2.48. The summed E-state index contributed by atoms with van der Waals surface area (Å²) in [5.74, 6) is 1.98. The van der Waals surface area contributed by atoms with Crippen LogP contribution in [0.4, 0.5) is 0 Å². The summed E-state index contributed by atoms with van der Waals surface area (Å²) in [6, 6.07) is 52.7. The second-order valence-electron chi connectivity index (χ2n) is 10.5. The number of rotatable bonds is 5. The second-order valence-corrected chi connectivity index (χ2v) is 11.6. The topological polar surface area (TPSA) is 38.7 Å². The fourth-order valence-corrected chi connectivity index (χ4v) is 6.79. The maximum Gasteiger partial charge on any atom is 0.164 e. The molecular formula is C39H25N3S. The molecule has 0 unspecified atom stereocenters. The average Bonchev–Trinajstić information content (AvgIpc) is 3.48. The normalized spacial score (nSPS) is 11.3. The van der Waals surface area contributed by atoms with E-state index in [1.54, 1.807) is 11.3 Å². The number of fused-ring (bicyclic) bond motifs is 3. The minimum atomic E-state index is 0.648. The fraction of sp³-hybridized carbons (Fsp3) is 0. The third-order valence-corrected chi connectivity index (χ3v) is 8.85. The van der Waals surface area contributed by atoms with Crippen molar-refractivity contribution in [3.63, 3.8) is 0 Å². The summed E-state index contributed by atoms with van der Waals surface area (Å²) in [6.07, 6.45) is 0. The quantitative estimate of drug-likeness (QED) is 0.208. The van der Waals surface area contributed by atoms with E-state index in [0.717, 1.165) is 38.9 Å². The lowest BCUT2D eigenvalue weighted by atomic mass is 9.96. The Labute approximate surface area is 253 Å². The van der Waals surface area contributed by atoms with Crippen LogP contribution in [0.1, 0.15) is 0 Å². The molecule has 0 saturated carbocycles. The van der Waals surface area contributed by atoms with Crippen LogP contribution >= 0.6 is 11.3 Å². The predicted octanol–water partition coefficient (Wildman–Crippen LogP) is 10.6. The molecule has 3 nitrogen and oxygen atoms in total. The van der Waals surface area contributed by atoms with Gasteiger partial charge in [0.2, 0.25) is 0 Å². The molecule has 8 aromatic rings. The van der Waals surface area contributed by atoms with Crippen molar-refractivity contribution in [1.82, 2.24) is 15.0 Å². The van der Waals surface area contributed by atoms with Crippen molar-refractivity contribution in [3.8, 4) is 56.4 Å². The summed E-state index contributed by atoms with van der Waals surface area (Å²) in [7, 11) is 0. The fourth-order valence-electron chi connectivity index (χ4n) is 5.65. The summed E-state index contributed by atoms with van der Waals surface area (Å²) in [6.45, 7) is 0. The van der Waals surface area contributed by atoms with E-state index in [4.69, 9.17) is 15.0 Å². The van der Waals surface area contributed by atoms with Crippen LogP contribution in [0.25, 0.3) is 76.6 Å². The summed E-state index contributed by atoms with van der Waals surface area (Å²) >= 11 is 1.80. The zero-order valence-electron chi connectivity index (χ0n) is 23.2. The van der Waals surface area contributed by atoms with Crippen molar-refractivity contribution in [3.05, 3.63) is 152 Å². The second kappa shape index (κ2) is 10.8. The number of benzene rings is 6. The molecule has 0 bridgehead atoms. The highest BCUT2D eigenvalue weighted by atomic mass is 32.1. The third-order valence-electron chi connectivity index (χ3n) is 7.72. The first kappa shape index (κ1) is 25.3. The molecule has 0 spiro atoms. The van der Waals surface area contributed by atoms with Gasteiger partial charge in [-0.1, -0.05) is 121 Å². The molecule has 202 valence electrons. The van der Waals surface area contributed by atoms with Gasteiger partial charge in [-0.25, -0.2) is 15.0 Å². The number of hydrogen-bond donors (Lipinski definition) is 0. The van der Waals surface area contributed by atoms with Gasteiger partial charge in [-0.3, -0.25) is 0 Å². The highest BCUT2D eigenvalue weighted by molar-refractivity contribution is 7.25. The Bertz CT molecular complexity index is 2170. The van der Waals surface area contributed by atoms with Gasteiger partial charge in [0.1, 0.15) is 0 Å². The monoisotopic (exact) mass is 567 g/mol. The summed E-state index contributed by atoms with van der Waals surface area (Å²) in [5, 5.41) is 2.40. The Hall–Kier alpha value is -5.45. The Morgan fingerprint density at radius 2 is 0.837 bits per heavy atom. The molecule has 0 fully saturated rings. The Balaban J connectivity index is 1.40. The molecule has 8 rings (SSSR count). The predicted molar refractivity (Wildman–Crippen MR) is 180 cm³/mol. The minimum absolute atomic E-state index is 0.648. The number of hydrogen-bond acceptors (Lipinski definition) is 4. The molecule has 0 amide bonds. The highest BCUT2D eigenvalue weighted by Crippen LogP contribution is 2.40. The SMILES string of the molecule is c1ccc(-c2cc(-c3ccccc3)cc(-c3nc(-c4ccccc4)nc(-c4cccc5sc6ccccc6c45)n3)c2)cc1. The van der Waals surface area contributed by atoms with Gasteiger partial charge in [-0.2, -0.15) is 0 Å². The molecule has 0 aliphatic rings. The van der Waals surface area contributed by atoms with Crippen LogP contribution in [0.2, 0.25) is 0 Å². The van der Waals surface area contributed by atoms with Crippen LogP contribution in [0.5, 0.6) is 0 Å². The van der Waals surface area contributed by atoms with E-state index in [1.807, 2.05) is 30.3 Å². The average molecular weight is 568 g/mol. The van der Waals surface area contributed by atoms with Crippen LogP contribution in [0, 0.1) is 0 Å². The van der Waals surface area contributed by atoms with Gasteiger partial charge in [0, 0.05) is 36.9 Å². The number of aromatic nitrogens is 3. The van der Waals surface area contributed by atoms with Crippen molar-refractivity contribution in [2.45, 2.75) is 0 Å². The molecule has 0 aliphatic carbocycles. The van der Waals surface area contributed by atoms with E-state index < -0.39 is 0 Å². The molecule has 0 aliphatic heterocycles. The van der Waals surface area contributed by atoms with Crippen molar-refractivity contribution in [1.29, 1.82) is 0 Å². The van der Waals surface area contributed by atoms with Gasteiger partial charge in [-0.05, 0) is 52.6 Å². The van der Waals surface area contributed by atoms with Crippen molar-refractivity contribution >= 4 is 31.5 Å². The zero-order chi connectivity index (χ0) is 28.6. The van der Waals surface area contributed by atoms with E-state index in [-0.39, 0.29) is 0 Å². The van der Waals surface area contributed by atoms with E-state index in [1.165, 1.54) is 20.2 Å². The molecule has 4 heteroatoms. The molecule has 2 aromatic heterocycles. The summed E-state index contributed by atoms with van der Waals surface area (Å²) in [4.78, 5) is 15.3. The Morgan fingerprint density at radius 1 is 0.349 bits per heavy atom. The zero-order valence-corrected chi connectivity index (χ0v) is 24.0. The van der Waals surface area contributed by atoms with Crippen LogP contribution in [-0.2, 0) is 0 Å². The number of nitrogens with zero attached hydrogens (tertiary/aromatic N) is 3. The van der Waals surface area contributed by atoms with Crippen molar-refractivity contribution in [2.24, 2.45) is 0 Å². The van der Waals surface area contributed by atoms with Crippen LogP contribution in [0.3, 0.4) is 0 Å². The third kappa shape index (κ3) is 4.78. The lowest BCUT2D eigenvalue weighted by molar-refractivity contribution is 1.08. The summed E-state index contributed by atoms with van der Waals surface area (Å²) in [5.41, 5.74) is 7.44. The van der Waals surface area contributed by atoms with Gasteiger partial charge in [-0.15, -0.1) is 11.3 Å². The van der Waals surface area contributed by atoms with E-state index in [2.05, 4.69) is 121 Å². The van der Waals surface area contributed by atoms with Crippen molar-refractivity contribution < 1.29 is 0 Å². The van der Waals surface area contributed by atoms with Gasteiger partial charge >= 0.3 is 0 Å². The van der Waals surface area contributed by atoms with Crippen LogP contribution < -0.4 is 0 Å². The maximum absolute atomic E-state index is 5.19. The molecule has 0 radical (unpaired) electrons. The van der Waals surface area contributed by atoms with Gasteiger partial charge in [0.15, 0.2) is 17.5 Å². The van der Waals surface area contributed by atoms with Crippen LogP contribution in [0.15, 0.2) is 152 Å². The first-order chi connectivity index (χ1) is 21.3. The lowest BCUT2D eigenvalue weighted by Crippen LogP contribution is -2.01. The standard InChI is InChI=1S/C39H25N3S/c1-4-13-26(14-5-1)29-23-30(27-15-6-2-7-16-27)25-31(24-29)38-40-37(28-17-8-3-9-18-28)41-39(42-38)33-20-12-22-35-36(33)32-19-10-11-21-34(32)43-35/h1-25H. The Morgan fingerprint density at radius 3 is 1.49 bits per heavy atom. The van der Waals surface area contributed by atoms with Gasteiger partial charge < -0.3 is 0 Å². The lowest BCUT2D eigenvalue weighted by Gasteiger charge is -2.13. The molecule has 43 heavy (non-hydrogen) atoms. The first-order valence-electron chi connectivity index (χ1n) is 14.3. The molecule has 0 saturated heterocycles. The molecule has 0 atom stereocenters. The molecular weight excluding hydrogens is 543 g/mol. The molecule has 0 N–H and O–H groups in total. The first-order valence-corrected chi connectivity index (χ1v) is 15.1. The molecule has 2 heterocycles. The Kier molecular flexibility index (Phi) is 6.32. The molecule has 6 aromatic carbocycles.